The molecule has 0 aromatic carbocycles. The molecule has 0 bridgehead atoms. The smallest absolute Gasteiger partial charge is 0.235 e. The molecular weight excluding hydrogens is 186 g/mol. The number of amides is 1. The van der Waals surface area contributed by atoms with Crippen LogP contribution in [0, 0.1) is 0 Å². The first-order valence-electron chi connectivity index (χ1n) is 4.20. The van der Waals surface area contributed by atoms with Crippen LogP contribution in [0.3, 0.4) is 0 Å². The molecule has 0 radical (unpaired) electrons. The maximum atomic E-state index is 10.6. The minimum atomic E-state index is -0.586. The maximum Gasteiger partial charge on any atom is 0.235 e. The molecule has 0 heterocycles. The molecule has 5 heteroatoms. The normalized spacial score (nSPS) is 14.2. The summed E-state index contributed by atoms with van der Waals surface area (Å²) in [6.07, 6.45) is 2.05. The van der Waals surface area contributed by atoms with Crippen molar-refractivity contribution in [1.29, 1.82) is 0 Å². The number of carbonyl (C=O) groups excluding carboxylic acids is 1. The lowest BCUT2D eigenvalue weighted by Gasteiger charge is -2.23. The van der Waals surface area contributed by atoms with Crippen LogP contribution in [0.1, 0.15) is 13.8 Å². The number of nitrogens with one attached hydrogen (secondary N) is 1. The second-order valence-corrected chi connectivity index (χ2v) is 5.12. The maximum absolute atomic E-state index is 10.6. The molecule has 0 aromatic heterocycles. The Morgan fingerprint density at radius 1 is 1.62 bits per heavy atom. The highest BCUT2D eigenvalue weighted by Gasteiger charge is 2.16. The fourth-order valence-electron chi connectivity index (χ4n) is 0.701. The third kappa shape index (κ3) is 5.90. The van der Waals surface area contributed by atoms with Crippen LogP contribution in [0.25, 0.3) is 0 Å². The van der Waals surface area contributed by atoms with Crippen LogP contribution in [0.5, 0.6) is 0 Å². The molecule has 0 aromatic rings. The molecule has 0 spiro atoms. The van der Waals surface area contributed by atoms with Gasteiger partial charge in [-0.3, -0.25) is 4.79 Å². The highest BCUT2D eigenvalue weighted by Crippen LogP contribution is 2.19. The van der Waals surface area contributed by atoms with Crippen molar-refractivity contribution >= 4 is 17.7 Å². The summed E-state index contributed by atoms with van der Waals surface area (Å²) in [5.74, 6) is -0.463. The van der Waals surface area contributed by atoms with Crippen molar-refractivity contribution in [2.45, 2.75) is 24.6 Å². The summed E-state index contributed by atoms with van der Waals surface area (Å²) in [6, 6.07) is -0.586. The van der Waals surface area contributed by atoms with Gasteiger partial charge in [0.05, 0.1) is 6.04 Å². The number of nitrogens with two attached hydrogens (primary N) is 2. The van der Waals surface area contributed by atoms with Gasteiger partial charge in [0.15, 0.2) is 0 Å². The lowest BCUT2D eigenvalue weighted by atomic mass is 10.2. The molecule has 4 nitrogen and oxygen atoms in total. The molecule has 0 aliphatic heterocycles. The van der Waals surface area contributed by atoms with Crippen molar-refractivity contribution < 1.29 is 4.79 Å². The molecule has 5 N–H and O–H groups in total. The summed E-state index contributed by atoms with van der Waals surface area (Å²) in [5.41, 5.74) is 10.5. The first-order valence-corrected chi connectivity index (χ1v) is 5.42. The van der Waals surface area contributed by atoms with E-state index in [1.807, 2.05) is 0 Å². The van der Waals surface area contributed by atoms with E-state index in [9.17, 15) is 4.79 Å². The molecule has 78 valence electrons. The Balaban J connectivity index is 3.62. The average molecular weight is 205 g/mol. The standard InChI is InChI=1S/C8H19N3OS/c1-8(2,13-3)5-11-4-6(9)7(10)12/h6,11H,4-5,9H2,1-3H3,(H2,10,12). The predicted molar refractivity (Wildman–Crippen MR) is 57.6 cm³/mol. The van der Waals surface area contributed by atoms with Crippen LogP contribution in [0.15, 0.2) is 0 Å². The second-order valence-electron chi connectivity index (χ2n) is 3.60. The highest BCUT2D eigenvalue weighted by molar-refractivity contribution is 7.99. The van der Waals surface area contributed by atoms with Gasteiger partial charge in [-0.25, -0.2) is 0 Å². The highest BCUT2D eigenvalue weighted by atomic mass is 32.2. The Labute approximate surface area is 83.8 Å². The van der Waals surface area contributed by atoms with E-state index < -0.39 is 11.9 Å². The molecule has 1 atom stereocenters. The number of primary amides is 1. The molecule has 0 saturated carbocycles. The average Bonchev–Trinajstić information content (AvgIpc) is 2.04. The van der Waals surface area contributed by atoms with Crippen molar-refractivity contribution in [3.63, 3.8) is 0 Å². The predicted octanol–water partition coefficient (Wildman–Crippen LogP) is -0.470. The van der Waals surface area contributed by atoms with Crippen LogP contribution in [-0.2, 0) is 4.79 Å². The second kappa shape index (κ2) is 5.47. The van der Waals surface area contributed by atoms with Crippen molar-refractivity contribution in [1.82, 2.24) is 5.32 Å². The fraction of sp³-hybridized carbons (Fsp3) is 0.875. The molecule has 0 aliphatic carbocycles. The monoisotopic (exact) mass is 205 g/mol. The van der Waals surface area contributed by atoms with Crippen LogP contribution in [-0.4, -0.2) is 36.0 Å². The minimum Gasteiger partial charge on any atom is -0.368 e. The van der Waals surface area contributed by atoms with E-state index in [1.54, 1.807) is 11.8 Å². The Kier molecular flexibility index (Phi) is 5.36. The van der Waals surface area contributed by atoms with E-state index in [0.29, 0.717) is 6.54 Å². The van der Waals surface area contributed by atoms with E-state index in [1.165, 1.54) is 0 Å². The summed E-state index contributed by atoms with van der Waals surface area (Å²) in [7, 11) is 0. The van der Waals surface area contributed by atoms with Gasteiger partial charge in [0.1, 0.15) is 0 Å². The number of hydrogen-bond acceptors (Lipinski definition) is 4. The third-order valence-electron chi connectivity index (χ3n) is 1.83. The van der Waals surface area contributed by atoms with Gasteiger partial charge >= 0.3 is 0 Å². The topological polar surface area (TPSA) is 81.1 Å². The van der Waals surface area contributed by atoms with E-state index >= 15 is 0 Å². The summed E-state index contributed by atoms with van der Waals surface area (Å²) < 4.78 is 0.164. The first kappa shape index (κ1) is 12.7. The number of carbonyl (C=O) groups is 1. The van der Waals surface area contributed by atoms with Crippen molar-refractivity contribution in [3.05, 3.63) is 0 Å². The van der Waals surface area contributed by atoms with Gasteiger partial charge in [-0.05, 0) is 20.1 Å². The number of thioether (sulfide) groups is 1. The largest absolute Gasteiger partial charge is 0.368 e. The third-order valence-corrected chi connectivity index (χ3v) is 3.08. The Bertz CT molecular complexity index is 173. The number of hydrogen-bond donors (Lipinski definition) is 3. The fourth-order valence-corrected chi connectivity index (χ4v) is 0.948. The summed E-state index contributed by atoms with van der Waals surface area (Å²) in [4.78, 5) is 10.6. The zero-order valence-corrected chi connectivity index (χ0v) is 9.28. The van der Waals surface area contributed by atoms with E-state index in [2.05, 4.69) is 25.4 Å². The Hall–Kier alpha value is -0.260. The van der Waals surface area contributed by atoms with Gasteiger partial charge in [-0.15, -0.1) is 0 Å². The van der Waals surface area contributed by atoms with Gasteiger partial charge in [0.25, 0.3) is 0 Å². The van der Waals surface area contributed by atoms with Crippen molar-refractivity contribution in [2.24, 2.45) is 11.5 Å². The minimum absolute atomic E-state index is 0.164. The molecule has 0 fully saturated rings. The molecule has 1 unspecified atom stereocenters. The van der Waals surface area contributed by atoms with E-state index in [4.69, 9.17) is 11.5 Å². The zero-order chi connectivity index (χ0) is 10.5. The van der Waals surface area contributed by atoms with Crippen LogP contribution < -0.4 is 16.8 Å². The SMILES string of the molecule is CSC(C)(C)CNCC(N)C(N)=O. The van der Waals surface area contributed by atoms with Gasteiger partial charge in [-0.2, -0.15) is 11.8 Å². The van der Waals surface area contributed by atoms with Crippen LogP contribution >= 0.6 is 11.8 Å². The van der Waals surface area contributed by atoms with Gasteiger partial charge in [-0.1, -0.05) is 0 Å². The van der Waals surface area contributed by atoms with Crippen LogP contribution in [0.4, 0.5) is 0 Å². The molecule has 0 aliphatic rings. The molecular formula is C8H19N3OS. The summed E-state index contributed by atoms with van der Waals surface area (Å²) in [6.45, 7) is 5.51. The summed E-state index contributed by atoms with van der Waals surface area (Å²) >= 11 is 1.77. The molecule has 0 rings (SSSR count). The lowest BCUT2D eigenvalue weighted by Crippen LogP contribution is -2.46. The molecule has 0 saturated heterocycles. The first-order chi connectivity index (χ1) is 5.89. The Morgan fingerprint density at radius 2 is 2.15 bits per heavy atom. The van der Waals surface area contributed by atoms with Crippen LogP contribution in [0.2, 0.25) is 0 Å². The number of rotatable bonds is 6. The summed E-state index contributed by atoms with van der Waals surface area (Å²) in [5, 5.41) is 3.11. The Morgan fingerprint density at radius 3 is 2.54 bits per heavy atom. The van der Waals surface area contributed by atoms with E-state index in [0.717, 1.165) is 6.54 Å². The van der Waals surface area contributed by atoms with Gasteiger partial charge < -0.3 is 16.8 Å². The quantitative estimate of drug-likeness (QED) is 0.547. The lowest BCUT2D eigenvalue weighted by molar-refractivity contribution is -0.119. The molecule has 1 amide bonds. The van der Waals surface area contributed by atoms with Gasteiger partial charge in [0, 0.05) is 17.8 Å². The zero-order valence-electron chi connectivity index (χ0n) is 8.46. The van der Waals surface area contributed by atoms with Gasteiger partial charge in [0.2, 0.25) is 5.91 Å². The van der Waals surface area contributed by atoms with E-state index in [-0.39, 0.29) is 4.75 Å². The van der Waals surface area contributed by atoms with Crippen molar-refractivity contribution in [2.75, 3.05) is 19.3 Å². The van der Waals surface area contributed by atoms with Crippen molar-refractivity contribution in [3.8, 4) is 0 Å². The molecule has 13 heavy (non-hydrogen) atoms.